The summed E-state index contributed by atoms with van der Waals surface area (Å²) in [5, 5.41) is 0. The summed E-state index contributed by atoms with van der Waals surface area (Å²) >= 11 is -0.0507. The summed E-state index contributed by atoms with van der Waals surface area (Å²) in [5.74, 6) is 0.279. The molecular formula is C26H18O4Se2. The van der Waals surface area contributed by atoms with E-state index in [1.165, 1.54) is 0 Å². The fraction of sp³-hybridized carbons (Fsp3) is 0. The van der Waals surface area contributed by atoms with Crippen molar-refractivity contribution in [1.29, 1.82) is 0 Å². The zero-order valence-electron chi connectivity index (χ0n) is 16.8. The molecule has 0 unspecified atom stereocenters. The Morgan fingerprint density at radius 1 is 0.469 bits per heavy atom. The summed E-state index contributed by atoms with van der Waals surface area (Å²) in [4.78, 5) is 25.5. The van der Waals surface area contributed by atoms with Gasteiger partial charge in [0.05, 0.1) is 0 Å². The van der Waals surface area contributed by atoms with Gasteiger partial charge in [0, 0.05) is 0 Å². The van der Waals surface area contributed by atoms with Crippen LogP contribution in [-0.2, 0) is 0 Å². The molecule has 4 rings (SSSR count). The van der Waals surface area contributed by atoms with Crippen molar-refractivity contribution in [2.45, 2.75) is 0 Å². The molecule has 0 heterocycles. The summed E-state index contributed by atoms with van der Waals surface area (Å²) in [6, 6.07) is 33.0. The maximum atomic E-state index is 12.7. The molecule has 0 amide bonds. The van der Waals surface area contributed by atoms with Crippen LogP contribution in [0, 0.1) is 0 Å². The molecule has 0 aliphatic rings. The fourth-order valence-corrected chi connectivity index (χ4v) is 9.88. The SMILES string of the molecule is O=C(Oc1ccccc1)c1ccccc1[Se][Se]c1ccccc1C(=O)Oc1ccccc1. The van der Waals surface area contributed by atoms with Crippen LogP contribution in [0.25, 0.3) is 0 Å². The Morgan fingerprint density at radius 3 is 1.22 bits per heavy atom. The summed E-state index contributed by atoms with van der Waals surface area (Å²) < 4.78 is 13.0. The predicted molar refractivity (Wildman–Crippen MR) is 126 cm³/mol. The van der Waals surface area contributed by atoms with Gasteiger partial charge in [0.15, 0.2) is 0 Å². The molecule has 0 saturated carbocycles. The molecule has 4 aromatic rings. The molecule has 0 fully saturated rings. The standard InChI is InChI=1S/C26H18O4Se2/c27-25(29-19-11-3-1-4-12-19)21-15-7-9-17-23(21)31-32-24-18-10-8-16-22(24)26(28)30-20-13-5-2-6-14-20/h1-18H. The first-order valence-corrected chi connectivity index (χ1v) is 15.8. The van der Waals surface area contributed by atoms with Crippen molar-refractivity contribution < 1.29 is 19.1 Å². The first kappa shape index (κ1) is 22.1. The van der Waals surface area contributed by atoms with E-state index in [0.29, 0.717) is 22.6 Å². The average Bonchev–Trinajstić information content (AvgIpc) is 2.84. The Balaban J connectivity index is 1.49. The van der Waals surface area contributed by atoms with Crippen molar-refractivity contribution in [2.75, 3.05) is 0 Å². The van der Waals surface area contributed by atoms with E-state index in [1.54, 1.807) is 36.4 Å². The van der Waals surface area contributed by atoms with Gasteiger partial charge in [-0.3, -0.25) is 0 Å². The van der Waals surface area contributed by atoms with Crippen molar-refractivity contribution in [3.05, 3.63) is 120 Å². The molecule has 158 valence electrons. The van der Waals surface area contributed by atoms with Crippen molar-refractivity contribution >= 4 is 47.1 Å². The predicted octanol–water partition coefficient (Wildman–Crippen LogP) is 3.40. The summed E-state index contributed by atoms with van der Waals surface area (Å²) in [7, 11) is 0. The number of hydrogen-bond acceptors (Lipinski definition) is 4. The van der Waals surface area contributed by atoms with E-state index < -0.39 is 0 Å². The molecule has 4 nitrogen and oxygen atoms in total. The van der Waals surface area contributed by atoms with Crippen LogP contribution in [0.15, 0.2) is 109 Å². The first-order valence-electron chi connectivity index (χ1n) is 9.78. The number of hydrogen-bond donors (Lipinski definition) is 0. The first-order chi connectivity index (χ1) is 15.7. The Bertz CT molecular complexity index is 1110. The van der Waals surface area contributed by atoms with Crippen LogP contribution in [0.4, 0.5) is 0 Å². The molecule has 6 heteroatoms. The number of esters is 2. The molecule has 0 aliphatic heterocycles. The van der Waals surface area contributed by atoms with Gasteiger partial charge in [0.1, 0.15) is 0 Å². The van der Waals surface area contributed by atoms with Crippen LogP contribution in [0.5, 0.6) is 11.5 Å². The molecule has 0 bridgehead atoms. The van der Waals surface area contributed by atoms with Crippen LogP contribution >= 0.6 is 0 Å². The topological polar surface area (TPSA) is 52.6 Å². The minimum atomic E-state index is -0.374. The van der Waals surface area contributed by atoms with E-state index in [0.717, 1.165) is 8.92 Å². The van der Waals surface area contributed by atoms with Gasteiger partial charge >= 0.3 is 198 Å². The molecule has 0 aliphatic carbocycles. The number of carbonyl (C=O) groups is 2. The second kappa shape index (κ2) is 10.9. The molecule has 0 spiro atoms. The van der Waals surface area contributed by atoms with Gasteiger partial charge in [-0.1, -0.05) is 0 Å². The number of para-hydroxylation sites is 2. The quantitative estimate of drug-likeness (QED) is 0.201. The number of carbonyl (C=O) groups excluding carboxylic acids is 2. The molecule has 0 atom stereocenters. The third-order valence-electron chi connectivity index (χ3n) is 4.34. The zero-order chi connectivity index (χ0) is 22.2. The van der Waals surface area contributed by atoms with E-state index in [9.17, 15) is 9.59 Å². The Morgan fingerprint density at radius 2 is 0.812 bits per heavy atom. The van der Waals surface area contributed by atoms with Crippen LogP contribution < -0.4 is 18.4 Å². The van der Waals surface area contributed by atoms with Gasteiger partial charge in [-0.25, -0.2) is 0 Å². The minimum absolute atomic E-state index is 0.0254. The van der Waals surface area contributed by atoms with E-state index in [-0.39, 0.29) is 38.2 Å². The van der Waals surface area contributed by atoms with Gasteiger partial charge < -0.3 is 0 Å². The monoisotopic (exact) mass is 554 g/mol. The molecular weight excluding hydrogens is 534 g/mol. The molecule has 0 aromatic heterocycles. The Kier molecular flexibility index (Phi) is 7.54. The molecule has 0 N–H and O–H groups in total. The number of rotatable bonds is 7. The summed E-state index contributed by atoms with van der Waals surface area (Å²) in [5.41, 5.74) is 1.12. The van der Waals surface area contributed by atoms with E-state index in [1.807, 2.05) is 72.8 Å². The Hall–Kier alpha value is -3.14. The van der Waals surface area contributed by atoms with Crippen LogP contribution in [0.1, 0.15) is 20.7 Å². The molecule has 32 heavy (non-hydrogen) atoms. The average molecular weight is 552 g/mol. The van der Waals surface area contributed by atoms with Crippen molar-refractivity contribution in [2.24, 2.45) is 0 Å². The van der Waals surface area contributed by atoms with Gasteiger partial charge in [0.2, 0.25) is 0 Å². The second-order valence-corrected chi connectivity index (χ2v) is 12.7. The van der Waals surface area contributed by atoms with Crippen LogP contribution in [0.2, 0.25) is 0 Å². The number of ether oxygens (including phenoxy) is 2. The van der Waals surface area contributed by atoms with Crippen LogP contribution in [0.3, 0.4) is 0 Å². The van der Waals surface area contributed by atoms with Gasteiger partial charge in [-0.15, -0.1) is 0 Å². The maximum absolute atomic E-state index is 12.7. The fourth-order valence-electron chi connectivity index (χ4n) is 2.81. The molecule has 0 radical (unpaired) electrons. The van der Waals surface area contributed by atoms with E-state index in [2.05, 4.69) is 0 Å². The van der Waals surface area contributed by atoms with Crippen molar-refractivity contribution in [1.82, 2.24) is 0 Å². The normalized spacial score (nSPS) is 10.4. The van der Waals surface area contributed by atoms with E-state index in [4.69, 9.17) is 9.47 Å². The van der Waals surface area contributed by atoms with E-state index >= 15 is 0 Å². The van der Waals surface area contributed by atoms with Gasteiger partial charge in [-0.05, 0) is 0 Å². The van der Waals surface area contributed by atoms with Crippen molar-refractivity contribution in [3.63, 3.8) is 0 Å². The molecule has 4 aromatic carbocycles. The zero-order valence-corrected chi connectivity index (χ0v) is 20.3. The summed E-state index contributed by atoms with van der Waals surface area (Å²) in [6.07, 6.45) is 0. The third-order valence-corrected chi connectivity index (χ3v) is 11.6. The van der Waals surface area contributed by atoms with Gasteiger partial charge in [0.25, 0.3) is 0 Å². The van der Waals surface area contributed by atoms with Crippen LogP contribution in [-0.4, -0.2) is 38.2 Å². The van der Waals surface area contributed by atoms with Gasteiger partial charge in [-0.2, -0.15) is 0 Å². The molecule has 0 saturated heterocycles. The third kappa shape index (κ3) is 5.76. The number of benzene rings is 4. The Labute approximate surface area is 197 Å². The second-order valence-electron chi connectivity index (χ2n) is 6.56. The van der Waals surface area contributed by atoms with Crippen molar-refractivity contribution in [3.8, 4) is 11.5 Å². The summed E-state index contributed by atoms with van der Waals surface area (Å²) in [6.45, 7) is 0.